The molecule has 0 heterocycles. The van der Waals surface area contributed by atoms with Crippen LogP contribution in [0.2, 0.25) is 10.0 Å². The Kier molecular flexibility index (Phi) is 8.09. The van der Waals surface area contributed by atoms with Gasteiger partial charge in [-0.15, -0.1) is 0 Å². The molecule has 8 nitrogen and oxygen atoms in total. The fraction of sp³-hybridized carbons (Fsp3) is 0.0833. The lowest BCUT2D eigenvalue weighted by Gasteiger charge is -2.14. The first kappa shape index (κ1) is 24.6. The van der Waals surface area contributed by atoms with Gasteiger partial charge < -0.3 is 14.8 Å². The van der Waals surface area contributed by atoms with E-state index in [1.54, 1.807) is 36.4 Å². The average Bonchev–Trinajstić information content (AvgIpc) is 2.82. The lowest BCUT2D eigenvalue weighted by molar-refractivity contribution is -0.384. The number of hydrogen-bond acceptors (Lipinski definition) is 6. The molecule has 0 radical (unpaired) electrons. The van der Waals surface area contributed by atoms with Crippen LogP contribution >= 0.6 is 23.2 Å². The molecule has 0 saturated carbocycles. The van der Waals surface area contributed by atoms with Gasteiger partial charge in [0, 0.05) is 39.0 Å². The number of benzene rings is 3. The summed E-state index contributed by atoms with van der Waals surface area (Å²) >= 11 is 12.2. The summed E-state index contributed by atoms with van der Waals surface area (Å²) in [4.78, 5) is 22.9. The van der Waals surface area contributed by atoms with Gasteiger partial charge in [0.25, 0.3) is 11.6 Å². The highest BCUT2D eigenvalue weighted by atomic mass is 35.5. The number of hydrogen-bond donors (Lipinski definition) is 1. The van der Waals surface area contributed by atoms with E-state index < -0.39 is 10.8 Å². The number of para-hydroxylation sites is 1. The molecule has 0 fully saturated rings. The van der Waals surface area contributed by atoms with E-state index in [0.717, 1.165) is 0 Å². The average molecular weight is 498 g/mol. The van der Waals surface area contributed by atoms with Gasteiger partial charge in [-0.05, 0) is 36.4 Å². The van der Waals surface area contributed by atoms with Crippen molar-refractivity contribution in [1.29, 1.82) is 5.26 Å². The highest BCUT2D eigenvalue weighted by molar-refractivity contribution is 6.35. The van der Waals surface area contributed by atoms with Crippen molar-refractivity contribution in [3.63, 3.8) is 0 Å². The largest absolute Gasteiger partial charge is 0.493 e. The Morgan fingerprint density at radius 3 is 2.53 bits per heavy atom. The number of rotatable bonds is 8. The Balaban J connectivity index is 1.86. The van der Waals surface area contributed by atoms with E-state index in [-0.39, 0.29) is 17.9 Å². The van der Waals surface area contributed by atoms with Crippen LogP contribution in [0.5, 0.6) is 11.5 Å². The van der Waals surface area contributed by atoms with Crippen molar-refractivity contribution in [3.05, 3.63) is 97.5 Å². The van der Waals surface area contributed by atoms with Crippen molar-refractivity contribution >= 4 is 46.6 Å². The molecule has 3 rings (SSSR count). The number of nitro benzene ring substituents is 1. The van der Waals surface area contributed by atoms with Crippen LogP contribution in [0.4, 0.5) is 11.4 Å². The second kappa shape index (κ2) is 11.2. The number of carbonyl (C=O) groups is 1. The third kappa shape index (κ3) is 6.04. The van der Waals surface area contributed by atoms with Crippen molar-refractivity contribution in [2.75, 3.05) is 12.4 Å². The van der Waals surface area contributed by atoms with Gasteiger partial charge in [0.1, 0.15) is 18.2 Å². The Bertz CT molecular complexity index is 1300. The van der Waals surface area contributed by atoms with E-state index in [2.05, 4.69) is 5.32 Å². The summed E-state index contributed by atoms with van der Waals surface area (Å²) in [6.45, 7) is 0.0914. The summed E-state index contributed by atoms with van der Waals surface area (Å²) < 4.78 is 11.3. The van der Waals surface area contributed by atoms with Crippen LogP contribution < -0.4 is 14.8 Å². The molecule has 3 aromatic rings. The molecule has 172 valence electrons. The first-order chi connectivity index (χ1) is 16.3. The molecule has 0 atom stereocenters. The molecule has 0 aliphatic carbocycles. The molecule has 34 heavy (non-hydrogen) atoms. The number of methoxy groups -OCH3 is 1. The van der Waals surface area contributed by atoms with Crippen LogP contribution in [0.25, 0.3) is 6.08 Å². The van der Waals surface area contributed by atoms with Crippen molar-refractivity contribution in [3.8, 4) is 17.6 Å². The third-order valence-electron chi connectivity index (χ3n) is 4.62. The number of halogens is 2. The van der Waals surface area contributed by atoms with Crippen LogP contribution in [0.3, 0.4) is 0 Å². The molecule has 0 aliphatic heterocycles. The van der Waals surface area contributed by atoms with E-state index in [9.17, 15) is 20.2 Å². The van der Waals surface area contributed by atoms with E-state index in [4.69, 9.17) is 32.7 Å². The number of ether oxygens (including phenoxy) is 2. The lowest BCUT2D eigenvalue weighted by Crippen LogP contribution is -2.13. The van der Waals surface area contributed by atoms with Gasteiger partial charge in [0.2, 0.25) is 0 Å². The number of amides is 1. The summed E-state index contributed by atoms with van der Waals surface area (Å²) in [7, 11) is 1.47. The maximum absolute atomic E-state index is 12.7. The van der Waals surface area contributed by atoms with E-state index in [1.807, 2.05) is 6.07 Å². The summed E-state index contributed by atoms with van der Waals surface area (Å²) in [5.74, 6) is 0.0182. The smallest absolute Gasteiger partial charge is 0.269 e. The van der Waals surface area contributed by atoms with Crippen LogP contribution in [0.15, 0.2) is 66.2 Å². The third-order valence-corrected chi connectivity index (χ3v) is 5.20. The summed E-state index contributed by atoms with van der Waals surface area (Å²) in [6, 6.07) is 17.2. The number of nitrogens with one attached hydrogen (secondary N) is 1. The normalized spacial score (nSPS) is 10.8. The van der Waals surface area contributed by atoms with Crippen LogP contribution in [0, 0.1) is 21.4 Å². The Morgan fingerprint density at radius 1 is 1.18 bits per heavy atom. The molecule has 0 aromatic heterocycles. The van der Waals surface area contributed by atoms with Crippen LogP contribution in [-0.2, 0) is 11.4 Å². The molecular weight excluding hydrogens is 481 g/mol. The number of anilines is 1. The zero-order valence-corrected chi connectivity index (χ0v) is 19.3. The molecular formula is C24H17Cl2N3O5. The van der Waals surface area contributed by atoms with Crippen molar-refractivity contribution < 1.29 is 19.2 Å². The maximum atomic E-state index is 12.7. The Morgan fingerprint density at radius 2 is 1.91 bits per heavy atom. The summed E-state index contributed by atoms with van der Waals surface area (Å²) in [5.41, 5.74) is 1.09. The molecule has 1 N–H and O–H groups in total. The highest BCUT2D eigenvalue weighted by Gasteiger charge is 2.15. The van der Waals surface area contributed by atoms with Gasteiger partial charge in [-0.25, -0.2) is 0 Å². The molecule has 1 amide bonds. The van der Waals surface area contributed by atoms with E-state index in [1.165, 1.54) is 37.5 Å². The number of non-ortho nitro benzene ring substituents is 1. The van der Waals surface area contributed by atoms with Gasteiger partial charge in [-0.3, -0.25) is 14.9 Å². The zero-order valence-electron chi connectivity index (χ0n) is 17.7. The topological polar surface area (TPSA) is 114 Å². The highest BCUT2D eigenvalue weighted by Crippen LogP contribution is 2.34. The van der Waals surface area contributed by atoms with Crippen molar-refractivity contribution in [1.82, 2.24) is 0 Å². The molecule has 0 bridgehead atoms. The second-order valence-electron chi connectivity index (χ2n) is 6.83. The Hall–Kier alpha value is -4.06. The predicted octanol–water partition coefficient (Wildman–Crippen LogP) is 6.03. The molecule has 0 spiro atoms. The number of nitrogens with zero attached hydrogens (tertiary/aromatic N) is 2. The molecule has 3 aromatic carbocycles. The summed E-state index contributed by atoms with van der Waals surface area (Å²) in [6.07, 6.45) is 1.36. The number of nitriles is 1. The van der Waals surface area contributed by atoms with Gasteiger partial charge >= 0.3 is 0 Å². The SMILES string of the molecule is COc1cccc(C=C(C#N)C(=O)Nc2ccc([N+](=O)[O-])cc2)c1OCc1ccc(Cl)cc1Cl. The minimum atomic E-state index is -0.689. The van der Waals surface area contributed by atoms with Gasteiger partial charge in [-0.2, -0.15) is 5.26 Å². The van der Waals surface area contributed by atoms with Gasteiger partial charge in [-0.1, -0.05) is 41.4 Å². The first-order valence-corrected chi connectivity index (χ1v) is 10.5. The van der Waals surface area contributed by atoms with Crippen LogP contribution in [0.1, 0.15) is 11.1 Å². The molecule has 0 saturated heterocycles. The first-order valence-electron chi connectivity index (χ1n) is 9.73. The molecule has 0 aliphatic rings. The zero-order chi connectivity index (χ0) is 24.7. The maximum Gasteiger partial charge on any atom is 0.269 e. The molecule has 10 heteroatoms. The fourth-order valence-corrected chi connectivity index (χ4v) is 3.38. The van der Waals surface area contributed by atoms with Crippen molar-refractivity contribution in [2.45, 2.75) is 6.61 Å². The van der Waals surface area contributed by atoms with Gasteiger partial charge in [0.05, 0.1) is 12.0 Å². The monoisotopic (exact) mass is 497 g/mol. The lowest BCUT2D eigenvalue weighted by atomic mass is 10.1. The van der Waals surface area contributed by atoms with E-state index in [0.29, 0.717) is 38.4 Å². The minimum absolute atomic E-state index is 0.0914. The van der Waals surface area contributed by atoms with Crippen molar-refractivity contribution in [2.24, 2.45) is 0 Å². The predicted molar refractivity (Wildman–Crippen MR) is 129 cm³/mol. The second-order valence-corrected chi connectivity index (χ2v) is 7.67. The van der Waals surface area contributed by atoms with Gasteiger partial charge in [0.15, 0.2) is 11.5 Å². The van der Waals surface area contributed by atoms with E-state index >= 15 is 0 Å². The number of nitro groups is 1. The molecule has 0 unspecified atom stereocenters. The fourth-order valence-electron chi connectivity index (χ4n) is 2.92. The minimum Gasteiger partial charge on any atom is -0.493 e. The number of carbonyl (C=O) groups excluding carboxylic acids is 1. The van der Waals surface area contributed by atoms with Crippen LogP contribution in [-0.4, -0.2) is 17.9 Å². The quantitative estimate of drug-likeness (QED) is 0.175. The Labute approximate surface area is 205 Å². The standard InChI is InChI=1S/C24H17Cl2N3O5/c1-33-22-4-2-3-15(23(22)34-14-16-5-6-18(25)12-21(16)26)11-17(13-27)24(30)28-19-7-9-20(10-8-19)29(31)32/h2-12H,14H2,1H3,(H,28,30). The summed E-state index contributed by atoms with van der Waals surface area (Å²) in [5, 5.41) is 23.8.